The van der Waals surface area contributed by atoms with Crippen LogP contribution in [0.4, 0.5) is 4.39 Å². The molecule has 1 aliphatic heterocycles. The van der Waals surface area contributed by atoms with E-state index in [9.17, 15) is 9.50 Å². The lowest BCUT2D eigenvalue weighted by Gasteiger charge is -2.47. The molecule has 0 radical (unpaired) electrons. The van der Waals surface area contributed by atoms with Gasteiger partial charge in [-0.2, -0.15) is 0 Å². The van der Waals surface area contributed by atoms with E-state index in [4.69, 9.17) is 0 Å². The summed E-state index contributed by atoms with van der Waals surface area (Å²) in [6.45, 7) is 4.12. The summed E-state index contributed by atoms with van der Waals surface area (Å²) < 4.78 is 13.6. The lowest BCUT2D eigenvalue weighted by Crippen LogP contribution is -2.53. The van der Waals surface area contributed by atoms with Crippen LogP contribution in [0.25, 0.3) is 0 Å². The minimum Gasteiger partial charge on any atom is -0.386 e. The van der Waals surface area contributed by atoms with Gasteiger partial charge in [-0.25, -0.2) is 4.39 Å². The van der Waals surface area contributed by atoms with Crippen LogP contribution in [0, 0.1) is 12.7 Å². The average Bonchev–Trinajstić information content (AvgIpc) is 3.01. The highest BCUT2D eigenvalue weighted by atomic mass is 19.1. The van der Waals surface area contributed by atoms with Crippen LogP contribution in [-0.4, -0.2) is 28.6 Å². The quantitative estimate of drug-likeness (QED) is 0.911. The molecule has 1 aromatic carbocycles. The molecule has 3 heteroatoms. The van der Waals surface area contributed by atoms with Gasteiger partial charge in [0.1, 0.15) is 5.82 Å². The SMILES string of the molecule is Cc1ccc(F)cc1C(O)C1(N2CCCCC2)CCCC1. The third-order valence-electron chi connectivity index (χ3n) is 5.50. The van der Waals surface area contributed by atoms with Crippen molar-refractivity contribution in [3.63, 3.8) is 0 Å². The van der Waals surface area contributed by atoms with Gasteiger partial charge in [-0.1, -0.05) is 25.3 Å². The highest BCUT2D eigenvalue weighted by molar-refractivity contribution is 5.31. The first-order chi connectivity index (χ1) is 10.1. The van der Waals surface area contributed by atoms with E-state index >= 15 is 0 Å². The second-order valence-electron chi connectivity index (χ2n) is 6.76. The summed E-state index contributed by atoms with van der Waals surface area (Å²) in [7, 11) is 0. The van der Waals surface area contributed by atoms with Crippen LogP contribution in [0.3, 0.4) is 0 Å². The maximum atomic E-state index is 13.6. The molecule has 0 bridgehead atoms. The van der Waals surface area contributed by atoms with Crippen molar-refractivity contribution in [3.05, 3.63) is 35.1 Å². The molecule has 1 heterocycles. The largest absolute Gasteiger partial charge is 0.386 e. The summed E-state index contributed by atoms with van der Waals surface area (Å²) in [5, 5.41) is 11.1. The second kappa shape index (κ2) is 6.05. The zero-order chi connectivity index (χ0) is 14.9. The molecule has 1 saturated heterocycles. The van der Waals surface area contributed by atoms with Crippen LogP contribution in [0.2, 0.25) is 0 Å². The normalized spacial score (nSPS) is 24.1. The van der Waals surface area contributed by atoms with Crippen LogP contribution in [0.1, 0.15) is 62.2 Å². The van der Waals surface area contributed by atoms with E-state index < -0.39 is 6.10 Å². The van der Waals surface area contributed by atoms with Crippen molar-refractivity contribution < 1.29 is 9.50 Å². The Morgan fingerprint density at radius 2 is 1.76 bits per heavy atom. The highest BCUT2D eigenvalue weighted by Crippen LogP contribution is 2.46. The summed E-state index contributed by atoms with van der Waals surface area (Å²) in [5.41, 5.74) is 1.61. The fourth-order valence-corrected chi connectivity index (χ4v) is 4.28. The van der Waals surface area contributed by atoms with Crippen molar-refractivity contribution >= 4 is 0 Å². The van der Waals surface area contributed by atoms with Crippen molar-refractivity contribution in [1.82, 2.24) is 4.90 Å². The van der Waals surface area contributed by atoms with Crippen LogP contribution in [0.15, 0.2) is 18.2 Å². The molecule has 1 aliphatic carbocycles. The van der Waals surface area contributed by atoms with Gasteiger partial charge in [-0.15, -0.1) is 0 Å². The summed E-state index contributed by atoms with van der Waals surface area (Å²) in [5.74, 6) is -0.249. The Balaban J connectivity index is 1.94. The zero-order valence-corrected chi connectivity index (χ0v) is 12.9. The molecule has 116 valence electrons. The van der Waals surface area contributed by atoms with Crippen molar-refractivity contribution in [2.24, 2.45) is 0 Å². The van der Waals surface area contributed by atoms with Gasteiger partial charge >= 0.3 is 0 Å². The first-order valence-electron chi connectivity index (χ1n) is 8.33. The standard InChI is InChI=1S/C18H26FNO/c1-14-7-8-15(19)13-16(14)17(21)18(9-3-4-10-18)20-11-5-2-6-12-20/h7-8,13,17,21H,2-6,9-12H2,1H3. The summed E-state index contributed by atoms with van der Waals surface area (Å²) in [4.78, 5) is 2.50. The minimum absolute atomic E-state index is 0.168. The van der Waals surface area contributed by atoms with Crippen molar-refractivity contribution in [3.8, 4) is 0 Å². The number of nitrogens with zero attached hydrogens (tertiary/aromatic N) is 1. The molecule has 1 atom stereocenters. The average molecular weight is 291 g/mol. The van der Waals surface area contributed by atoms with Gasteiger partial charge in [0, 0.05) is 0 Å². The molecule has 3 rings (SSSR count). The number of piperidine rings is 1. The number of aryl methyl sites for hydroxylation is 1. The van der Waals surface area contributed by atoms with Gasteiger partial charge in [0.25, 0.3) is 0 Å². The van der Waals surface area contributed by atoms with Gasteiger partial charge < -0.3 is 5.11 Å². The molecule has 1 unspecified atom stereocenters. The number of rotatable bonds is 3. The number of benzene rings is 1. The third-order valence-corrected chi connectivity index (χ3v) is 5.50. The van der Waals surface area contributed by atoms with Gasteiger partial charge in [0.05, 0.1) is 11.6 Å². The van der Waals surface area contributed by atoms with Gasteiger partial charge in [-0.3, -0.25) is 4.90 Å². The number of likely N-dealkylation sites (tertiary alicyclic amines) is 1. The summed E-state index contributed by atoms with van der Waals surface area (Å²) in [6, 6.07) is 4.80. The molecule has 1 N–H and O–H groups in total. The molecule has 0 aromatic heterocycles. The first kappa shape index (κ1) is 15.0. The Bertz CT molecular complexity index is 490. The first-order valence-corrected chi connectivity index (χ1v) is 8.33. The van der Waals surface area contributed by atoms with E-state index in [1.165, 1.54) is 44.2 Å². The van der Waals surface area contributed by atoms with Crippen LogP contribution < -0.4 is 0 Å². The Kier molecular flexibility index (Phi) is 4.32. The predicted octanol–water partition coefficient (Wildman–Crippen LogP) is 3.97. The molecule has 21 heavy (non-hydrogen) atoms. The number of aliphatic hydroxyl groups excluding tert-OH is 1. The fraction of sp³-hybridized carbons (Fsp3) is 0.667. The van der Waals surface area contributed by atoms with E-state index in [1.54, 1.807) is 6.07 Å². The number of halogens is 1. The van der Waals surface area contributed by atoms with E-state index in [1.807, 2.05) is 6.92 Å². The maximum Gasteiger partial charge on any atom is 0.123 e. The van der Waals surface area contributed by atoms with E-state index in [0.29, 0.717) is 0 Å². The molecule has 2 aliphatic rings. The van der Waals surface area contributed by atoms with E-state index in [-0.39, 0.29) is 11.4 Å². The Morgan fingerprint density at radius 3 is 2.43 bits per heavy atom. The maximum absolute atomic E-state index is 13.6. The predicted molar refractivity (Wildman–Crippen MR) is 82.7 cm³/mol. The Labute approximate surface area is 127 Å². The highest BCUT2D eigenvalue weighted by Gasteiger charge is 2.46. The summed E-state index contributed by atoms with van der Waals surface area (Å²) in [6.07, 6.45) is 7.56. The van der Waals surface area contributed by atoms with Crippen LogP contribution >= 0.6 is 0 Å². The molecular formula is C18H26FNO. The van der Waals surface area contributed by atoms with Crippen LogP contribution in [0.5, 0.6) is 0 Å². The van der Waals surface area contributed by atoms with Crippen molar-refractivity contribution in [1.29, 1.82) is 0 Å². The van der Waals surface area contributed by atoms with Gasteiger partial charge in [0.2, 0.25) is 0 Å². The molecule has 2 fully saturated rings. The van der Waals surface area contributed by atoms with E-state index in [2.05, 4.69) is 4.90 Å². The smallest absolute Gasteiger partial charge is 0.123 e. The topological polar surface area (TPSA) is 23.5 Å². The second-order valence-corrected chi connectivity index (χ2v) is 6.76. The molecule has 2 nitrogen and oxygen atoms in total. The zero-order valence-electron chi connectivity index (χ0n) is 12.9. The van der Waals surface area contributed by atoms with Gasteiger partial charge in [0.15, 0.2) is 0 Å². The number of hydrogen-bond donors (Lipinski definition) is 1. The number of hydrogen-bond acceptors (Lipinski definition) is 2. The number of aliphatic hydroxyl groups is 1. The van der Waals surface area contributed by atoms with Crippen molar-refractivity contribution in [2.45, 2.75) is 63.5 Å². The third kappa shape index (κ3) is 2.74. The fourth-order valence-electron chi connectivity index (χ4n) is 4.28. The molecular weight excluding hydrogens is 265 g/mol. The lowest BCUT2D eigenvalue weighted by molar-refractivity contribution is -0.0409. The Hall–Kier alpha value is -0.930. The molecule has 1 saturated carbocycles. The van der Waals surface area contributed by atoms with Crippen LogP contribution in [-0.2, 0) is 0 Å². The summed E-state index contributed by atoms with van der Waals surface area (Å²) >= 11 is 0. The lowest BCUT2D eigenvalue weighted by atomic mass is 9.81. The minimum atomic E-state index is -0.575. The molecule has 0 spiro atoms. The molecule has 0 amide bonds. The Morgan fingerprint density at radius 1 is 1.10 bits per heavy atom. The monoisotopic (exact) mass is 291 g/mol. The van der Waals surface area contributed by atoms with Crippen molar-refractivity contribution in [2.75, 3.05) is 13.1 Å². The molecule has 1 aromatic rings. The van der Waals surface area contributed by atoms with E-state index in [0.717, 1.165) is 37.1 Å². The van der Waals surface area contributed by atoms with Gasteiger partial charge in [-0.05, 0) is 69.0 Å².